The lowest BCUT2D eigenvalue weighted by atomic mass is 9.88. The molecule has 0 aromatic heterocycles. The molecule has 4 nitrogen and oxygen atoms in total. The molecule has 160 valence electrons. The Balaban J connectivity index is 1.12. The molecule has 0 bridgehead atoms. The first-order valence-corrected chi connectivity index (χ1v) is 11.5. The Morgan fingerprint density at radius 2 is 1.58 bits per heavy atom. The van der Waals surface area contributed by atoms with E-state index in [2.05, 4.69) is 89.9 Å². The highest BCUT2D eigenvalue weighted by molar-refractivity contribution is 5.86. The maximum atomic E-state index is 12.8. The molecule has 1 atom stereocenters. The third-order valence-corrected chi connectivity index (χ3v) is 7.10. The molecular formula is C27H31N3O. The summed E-state index contributed by atoms with van der Waals surface area (Å²) in [7, 11) is 0. The first kappa shape index (κ1) is 20.1. The van der Waals surface area contributed by atoms with E-state index < -0.39 is 0 Å². The van der Waals surface area contributed by atoms with Gasteiger partial charge in [-0.15, -0.1) is 0 Å². The summed E-state index contributed by atoms with van der Waals surface area (Å²) in [6, 6.07) is 26.1. The molecule has 5 rings (SSSR count). The standard InChI is InChI=1S/C27H31N3O/c1-20(25-13-7-11-23-10-5-6-12-26(23)25)28-27(31)30-18-24(19-30)29-16-14-22(15-17-29)21-8-3-2-4-9-21/h2-13,20,22,24H,14-19H2,1H3,(H,28,31). The average molecular weight is 414 g/mol. The second kappa shape index (κ2) is 8.72. The van der Waals surface area contributed by atoms with Crippen molar-refractivity contribution in [2.75, 3.05) is 26.2 Å². The van der Waals surface area contributed by atoms with Crippen molar-refractivity contribution >= 4 is 16.8 Å². The predicted octanol–water partition coefficient (Wildman–Crippen LogP) is 5.17. The number of nitrogens with zero attached hydrogens (tertiary/aromatic N) is 2. The molecule has 3 aromatic carbocycles. The van der Waals surface area contributed by atoms with Crippen LogP contribution in [0.25, 0.3) is 10.8 Å². The van der Waals surface area contributed by atoms with Crippen LogP contribution >= 0.6 is 0 Å². The molecule has 0 aliphatic carbocycles. The zero-order valence-corrected chi connectivity index (χ0v) is 18.2. The highest BCUT2D eigenvalue weighted by Gasteiger charge is 2.36. The van der Waals surface area contributed by atoms with Crippen molar-refractivity contribution in [3.05, 3.63) is 83.9 Å². The van der Waals surface area contributed by atoms with Gasteiger partial charge in [-0.1, -0.05) is 72.8 Å². The monoisotopic (exact) mass is 413 g/mol. The van der Waals surface area contributed by atoms with Gasteiger partial charge in [0.1, 0.15) is 0 Å². The number of likely N-dealkylation sites (tertiary alicyclic amines) is 2. The van der Waals surface area contributed by atoms with E-state index >= 15 is 0 Å². The van der Waals surface area contributed by atoms with Crippen molar-refractivity contribution < 1.29 is 4.79 Å². The van der Waals surface area contributed by atoms with Crippen molar-refractivity contribution in [3.8, 4) is 0 Å². The van der Waals surface area contributed by atoms with Crippen LogP contribution in [0, 0.1) is 0 Å². The van der Waals surface area contributed by atoms with Crippen LogP contribution in [0.4, 0.5) is 4.79 Å². The Morgan fingerprint density at radius 3 is 2.35 bits per heavy atom. The van der Waals surface area contributed by atoms with Crippen molar-refractivity contribution in [1.82, 2.24) is 15.1 Å². The predicted molar refractivity (Wildman–Crippen MR) is 126 cm³/mol. The minimum Gasteiger partial charge on any atom is -0.331 e. The average Bonchev–Trinajstić information content (AvgIpc) is 2.78. The second-order valence-electron chi connectivity index (χ2n) is 9.02. The molecule has 2 aliphatic heterocycles. The molecule has 2 saturated heterocycles. The smallest absolute Gasteiger partial charge is 0.317 e. The van der Waals surface area contributed by atoms with Gasteiger partial charge in [-0.05, 0) is 60.7 Å². The van der Waals surface area contributed by atoms with Gasteiger partial charge in [0.2, 0.25) is 0 Å². The fraction of sp³-hybridized carbons (Fsp3) is 0.370. The highest BCUT2D eigenvalue weighted by atomic mass is 16.2. The Morgan fingerprint density at radius 1 is 0.903 bits per heavy atom. The molecule has 0 saturated carbocycles. The SMILES string of the molecule is CC(NC(=O)N1CC(N2CCC(c3ccccc3)CC2)C1)c1cccc2ccccc12. The molecule has 1 N–H and O–H groups in total. The van der Waals surface area contributed by atoms with E-state index in [-0.39, 0.29) is 12.1 Å². The number of nitrogens with one attached hydrogen (secondary N) is 1. The second-order valence-corrected chi connectivity index (χ2v) is 9.02. The van der Waals surface area contributed by atoms with Gasteiger partial charge in [0, 0.05) is 19.1 Å². The largest absolute Gasteiger partial charge is 0.331 e. The van der Waals surface area contributed by atoms with Crippen LogP contribution in [-0.4, -0.2) is 48.1 Å². The lowest BCUT2D eigenvalue weighted by Crippen LogP contribution is -2.63. The third-order valence-electron chi connectivity index (χ3n) is 7.10. The molecule has 0 spiro atoms. The molecule has 31 heavy (non-hydrogen) atoms. The number of urea groups is 1. The normalized spacial score (nSPS) is 19.2. The van der Waals surface area contributed by atoms with Gasteiger partial charge in [-0.25, -0.2) is 4.79 Å². The van der Waals surface area contributed by atoms with Gasteiger partial charge in [-0.2, -0.15) is 0 Å². The minimum absolute atomic E-state index is 0.0146. The number of hydrogen-bond acceptors (Lipinski definition) is 2. The number of hydrogen-bond donors (Lipinski definition) is 1. The van der Waals surface area contributed by atoms with Crippen molar-refractivity contribution in [2.24, 2.45) is 0 Å². The number of carbonyl (C=O) groups is 1. The van der Waals surface area contributed by atoms with Gasteiger partial charge >= 0.3 is 6.03 Å². The summed E-state index contributed by atoms with van der Waals surface area (Å²) in [4.78, 5) is 17.3. The van der Waals surface area contributed by atoms with Crippen molar-refractivity contribution in [2.45, 2.75) is 37.8 Å². The third kappa shape index (κ3) is 4.17. The first-order valence-electron chi connectivity index (χ1n) is 11.5. The summed E-state index contributed by atoms with van der Waals surface area (Å²) in [5, 5.41) is 5.63. The molecule has 2 fully saturated rings. The lowest BCUT2D eigenvalue weighted by Gasteiger charge is -2.47. The summed E-state index contributed by atoms with van der Waals surface area (Å²) in [6.45, 7) is 6.01. The van der Waals surface area contributed by atoms with Gasteiger partial charge in [-0.3, -0.25) is 4.90 Å². The summed E-state index contributed by atoms with van der Waals surface area (Å²) in [6.07, 6.45) is 2.43. The molecule has 4 heteroatoms. The Bertz CT molecular complexity index is 1030. The first-order chi connectivity index (χ1) is 15.2. The van der Waals surface area contributed by atoms with Crippen LogP contribution in [0.2, 0.25) is 0 Å². The number of carbonyl (C=O) groups excluding carboxylic acids is 1. The Hall–Kier alpha value is -2.85. The van der Waals surface area contributed by atoms with Crippen LogP contribution < -0.4 is 5.32 Å². The van der Waals surface area contributed by atoms with E-state index in [4.69, 9.17) is 0 Å². The zero-order valence-electron chi connectivity index (χ0n) is 18.2. The van der Waals surface area contributed by atoms with E-state index in [1.54, 1.807) is 0 Å². The topological polar surface area (TPSA) is 35.6 Å². The fourth-order valence-corrected chi connectivity index (χ4v) is 5.16. The van der Waals surface area contributed by atoms with E-state index in [0.717, 1.165) is 26.2 Å². The van der Waals surface area contributed by atoms with Gasteiger partial charge in [0.15, 0.2) is 0 Å². The molecule has 3 aromatic rings. The maximum Gasteiger partial charge on any atom is 0.317 e. The van der Waals surface area contributed by atoms with Gasteiger partial charge in [0.05, 0.1) is 6.04 Å². The summed E-state index contributed by atoms with van der Waals surface area (Å²) in [5.74, 6) is 0.679. The van der Waals surface area contributed by atoms with E-state index in [1.165, 1.54) is 34.7 Å². The van der Waals surface area contributed by atoms with Crippen LogP contribution in [-0.2, 0) is 0 Å². The highest BCUT2D eigenvalue weighted by Crippen LogP contribution is 2.30. The fourth-order valence-electron chi connectivity index (χ4n) is 5.16. The summed E-state index contributed by atoms with van der Waals surface area (Å²) >= 11 is 0. The van der Waals surface area contributed by atoms with Crippen molar-refractivity contribution in [1.29, 1.82) is 0 Å². The van der Waals surface area contributed by atoms with E-state index in [1.807, 2.05) is 4.90 Å². The van der Waals surface area contributed by atoms with Crippen LogP contribution in [0.15, 0.2) is 72.8 Å². The lowest BCUT2D eigenvalue weighted by molar-refractivity contribution is 0.0407. The number of fused-ring (bicyclic) bond motifs is 1. The van der Waals surface area contributed by atoms with Crippen LogP contribution in [0.3, 0.4) is 0 Å². The number of benzene rings is 3. The molecule has 1 unspecified atom stereocenters. The molecule has 2 amide bonds. The molecule has 2 heterocycles. The van der Waals surface area contributed by atoms with Gasteiger partial charge in [0.25, 0.3) is 0 Å². The van der Waals surface area contributed by atoms with Crippen molar-refractivity contribution in [3.63, 3.8) is 0 Å². The number of piperidine rings is 1. The quantitative estimate of drug-likeness (QED) is 0.640. The van der Waals surface area contributed by atoms with E-state index in [0.29, 0.717) is 12.0 Å². The van der Waals surface area contributed by atoms with Crippen LogP contribution in [0.5, 0.6) is 0 Å². The molecular weight excluding hydrogens is 382 g/mol. The molecule has 0 radical (unpaired) electrons. The summed E-state index contributed by atoms with van der Waals surface area (Å²) in [5.41, 5.74) is 2.64. The van der Waals surface area contributed by atoms with Crippen LogP contribution in [0.1, 0.15) is 42.9 Å². The van der Waals surface area contributed by atoms with E-state index in [9.17, 15) is 4.79 Å². The Labute approximate surface area is 184 Å². The minimum atomic E-state index is -0.0146. The summed E-state index contributed by atoms with van der Waals surface area (Å²) < 4.78 is 0. The number of amides is 2. The maximum absolute atomic E-state index is 12.8. The number of rotatable bonds is 4. The zero-order chi connectivity index (χ0) is 21.2. The van der Waals surface area contributed by atoms with Gasteiger partial charge < -0.3 is 10.2 Å². The Kier molecular flexibility index (Phi) is 5.65. The molecule has 2 aliphatic rings.